The fraction of sp³-hybridized carbons (Fsp3) is 0.321. The van der Waals surface area contributed by atoms with Crippen molar-refractivity contribution in [1.82, 2.24) is 20.1 Å². The van der Waals surface area contributed by atoms with Gasteiger partial charge in [0, 0.05) is 23.7 Å². The number of hydrogen-bond acceptors (Lipinski definition) is 5. The van der Waals surface area contributed by atoms with Crippen LogP contribution in [-0.2, 0) is 6.61 Å². The summed E-state index contributed by atoms with van der Waals surface area (Å²) in [6, 6.07) is 11.0. The summed E-state index contributed by atoms with van der Waals surface area (Å²) in [5.74, 6) is -1.93. The largest absolute Gasteiger partial charge is 0.497 e. The number of hydrogen-bond donors (Lipinski definition) is 1. The lowest BCUT2D eigenvalue weighted by atomic mass is 9.86. The van der Waals surface area contributed by atoms with Crippen molar-refractivity contribution >= 4 is 28.4 Å². The number of nitrogens with zero attached hydrogens (tertiary/aromatic N) is 3. The Morgan fingerprint density at radius 2 is 1.82 bits per heavy atom. The minimum absolute atomic E-state index is 0.0226. The van der Waals surface area contributed by atoms with Crippen LogP contribution in [-0.4, -0.2) is 34.3 Å². The number of ether oxygens (including phenoxy) is 2. The van der Waals surface area contributed by atoms with Gasteiger partial charge in [-0.05, 0) is 67.5 Å². The fourth-order valence-electron chi connectivity index (χ4n) is 4.77. The fourth-order valence-corrected chi connectivity index (χ4v) is 4.93. The summed E-state index contributed by atoms with van der Waals surface area (Å²) in [4.78, 5) is 16.7. The molecule has 1 N–H and O–H groups in total. The van der Waals surface area contributed by atoms with Crippen molar-refractivity contribution in [3.8, 4) is 11.5 Å². The van der Waals surface area contributed by atoms with Crippen LogP contribution in [0.4, 0.5) is 8.78 Å². The van der Waals surface area contributed by atoms with Gasteiger partial charge in [-0.1, -0.05) is 23.7 Å². The summed E-state index contributed by atoms with van der Waals surface area (Å²) in [5, 5.41) is 8.83. The summed E-state index contributed by atoms with van der Waals surface area (Å²) in [6.07, 6.45) is 7.30. The van der Waals surface area contributed by atoms with Gasteiger partial charge in [0.2, 0.25) is 0 Å². The van der Waals surface area contributed by atoms with E-state index in [1.165, 1.54) is 0 Å². The molecule has 0 radical (unpaired) electrons. The van der Waals surface area contributed by atoms with Crippen LogP contribution in [0.5, 0.6) is 11.5 Å². The van der Waals surface area contributed by atoms with Crippen molar-refractivity contribution in [1.29, 1.82) is 0 Å². The standard InChI is InChI=1S/C28H27ClF2N4O3/c1-37-22-8-4-18(5-9-22)16-38-27-23(30)10-19(11-24(27)31)28(36)33-13-17-2-6-21(7-3-17)35-15-20-12-26(29)32-14-25(20)34-35/h4-5,8-12,14-15,17,21H,2-3,6-7,13,16H2,1H3,(H,33,36). The quantitative estimate of drug-likeness (QED) is 0.273. The van der Waals surface area contributed by atoms with Gasteiger partial charge in [0.15, 0.2) is 17.4 Å². The second kappa shape index (κ2) is 11.3. The van der Waals surface area contributed by atoms with Crippen molar-refractivity contribution in [2.75, 3.05) is 13.7 Å². The van der Waals surface area contributed by atoms with Gasteiger partial charge in [-0.15, -0.1) is 0 Å². The zero-order valence-electron chi connectivity index (χ0n) is 20.8. The maximum Gasteiger partial charge on any atom is 0.251 e. The molecule has 2 aromatic heterocycles. The number of methoxy groups -OCH3 is 1. The van der Waals surface area contributed by atoms with Crippen molar-refractivity contribution in [3.05, 3.63) is 82.8 Å². The first-order valence-corrected chi connectivity index (χ1v) is 12.8. The molecule has 1 fully saturated rings. The van der Waals surface area contributed by atoms with Gasteiger partial charge < -0.3 is 14.8 Å². The van der Waals surface area contributed by atoms with E-state index in [0.717, 1.165) is 54.3 Å². The predicted octanol–water partition coefficient (Wildman–Crippen LogP) is 6.11. The van der Waals surface area contributed by atoms with Crippen LogP contribution < -0.4 is 14.8 Å². The number of nitrogens with one attached hydrogen (secondary N) is 1. The summed E-state index contributed by atoms with van der Waals surface area (Å²) < 4.78 is 41.6. The molecule has 0 bridgehead atoms. The van der Waals surface area contributed by atoms with E-state index < -0.39 is 23.3 Å². The van der Waals surface area contributed by atoms with Gasteiger partial charge in [0.05, 0.1) is 19.3 Å². The average molecular weight is 541 g/mol. The molecule has 10 heteroatoms. The second-order valence-electron chi connectivity index (χ2n) is 9.47. The van der Waals surface area contributed by atoms with E-state index in [0.29, 0.717) is 17.4 Å². The minimum atomic E-state index is -0.924. The smallest absolute Gasteiger partial charge is 0.251 e. The molecule has 0 unspecified atom stereocenters. The van der Waals surface area contributed by atoms with Crippen LogP contribution in [0.15, 0.2) is 54.9 Å². The van der Waals surface area contributed by atoms with E-state index >= 15 is 0 Å². The number of pyridine rings is 1. The monoisotopic (exact) mass is 540 g/mol. The van der Waals surface area contributed by atoms with Gasteiger partial charge in [0.1, 0.15) is 23.0 Å². The third kappa shape index (κ3) is 5.88. The Morgan fingerprint density at radius 3 is 2.50 bits per heavy atom. The Balaban J connectivity index is 1.12. The van der Waals surface area contributed by atoms with Gasteiger partial charge in [-0.3, -0.25) is 9.48 Å². The molecule has 1 saturated carbocycles. The minimum Gasteiger partial charge on any atom is -0.497 e. The average Bonchev–Trinajstić information content (AvgIpc) is 3.35. The highest BCUT2D eigenvalue weighted by atomic mass is 35.5. The Bertz CT molecular complexity index is 1410. The van der Waals surface area contributed by atoms with Gasteiger partial charge in [0.25, 0.3) is 5.91 Å². The van der Waals surface area contributed by atoms with Crippen molar-refractivity contribution in [2.45, 2.75) is 38.3 Å². The highest BCUT2D eigenvalue weighted by Gasteiger charge is 2.24. The maximum atomic E-state index is 14.6. The molecule has 5 rings (SSSR count). The first-order valence-electron chi connectivity index (χ1n) is 12.4. The van der Waals surface area contributed by atoms with Crippen molar-refractivity contribution in [3.63, 3.8) is 0 Å². The van der Waals surface area contributed by atoms with Gasteiger partial charge in [-0.2, -0.15) is 5.10 Å². The molecule has 7 nitrogen and oxygen atoms in total. The molecule has 0 aliphatic heterocycles. The number of amides is 1. The molecule has 0 atom stereocenters. The molecule has 1 amide bonds. The molecule has 0 saturated heterocycles. The van der Waals surface area contributed by atoms with Gasteiger partial charge in [-0.25, -0.2) is 13.8 Å². The zero-order chi connectivity index (χ0) is 26.6. The number of carbonyl (C=O) groups excluding carboxylic acids is 1. The normalized spacial score (nSPS) is 17.4. The third-order valence-electron chi connectivity index (χ3n) is 6.92. The molecule has 4 aromatic rings. The molecule has 2 aromatic carbocycles. The van der Waals surface area contributed by atoms with E-state index in [1.807, 2.05) is 10.9 Å². The maximum absolute atomic E-state index is 14.6. The molecular weight excluding hydrogens is 514 g/mol. The van der Waals surface area contributed by atoms with E-state index in [4.69, 9.17) is 21.1 Å². The first kappa shape index (κ1) is 25.9. The van der Waals surface area contributed by atoms with E-state index in [2.05, 4.69) is 15.4 Å². The van der Waals surface area contributed by atoms with Crippen LogP contribution in [0.1, 0.15) is 47.6 Å². The van der Waals surface area contributed by atoms with Crippen LogP contribution >= 0.6 is 11.6 Å². The summed E-state index contributed by atoms with van der Waals surface area (Å²) in [6.45, 7) is 0.413. The number of aromatic nitrogens is 3. The highest BCUT2D eigenvalue weighted by molar-refractivity contribution is 6.30. The van der Waals surface area contributed by atoms with Crippen LogP contribution in [0.2, 0.25) is 5.15 Å². The highest BCUT2D eigenvalue weighted by Crippen LogP contribution is 2.33. The number of rotatable bonds is 8. The first-order chi connectivity index (χ1) is 18.4. The predicted molar refractivity (Wildman–Crippen MR) is 140 cm³/mol. The van der Waals surface area contributed by atoms with Gasteiger partial charge >= 0.3 is 0 Å². The topological polar surface area (TPSA) is 78.3 Å². The molecule has 38 heavy (non-hydrogen) atoms. The van der Waals surface area contributed by atoms with Crippen molar-refractivity contribution < 1.29 is 23.0 Å². The van der Waals surface area contributed by atoms with E-state index in [-0.39, 0.29) is 24.1 Å². The lowest BCUT2D eigenvalue weighted by Crippen LogP contribution is -2.32. The molecule has 2 heterocycles. The molecule has 0 spiro atoms. The van der Waals surface area contributed by atoms with Crippen molar-refractivity contribution in [2.24, 2.45) is 5.92 Å². The summed E-state index contributed by atoms with van der Waals surface area (Å²) >= 11 is 5.97. The number of benzene rings is 2. The third-order valence-corrected chi connectivity index (χ3v) is 7.13. The summed E-state index contributed by atoms with van der Waals surface area (Å²) in [5.41, 5.74) is 1.45. The number of halogens is 3. The molecule has 1 aliphatic carbocycles. The van der Waals surface area contributed by atoms with Crippen LogP contribution in [0, 0.1) is 17.6 Å². The Labute approximate surface area is 223 Å². The Hall–Kier alpha value is -3.72. The number of fused-ring (bicyclic) bond motifs is 1. The van der Waals surface area contributed by atoms with E-state index in [1.54, 1.807) is 43.6 Å². The molecular formula is C28H27ClF2N4O3. The molecule has 1 aliphatic rings. The lowest BCUT2D eigenvalue weighted by molar-refractivity contribution is 0.0940. The van der Waals surface area contributed by atoms with Crippen LogP contribution in [0.3, 0.4) is 0 Å². The Morgan fingerprint density at radius 1 is 1.11 bits per heavy atom. The number of carbonyl (C=O) groups is 1. The van der Waals surface area contributed by atoms with Crippen LogP contribution in [0.25, 0.3) is 10.9 Å². The SMILES string of the molecule is COc1ccc(COc2c(F)cc(C(=O)NCC3CCC(n4cc5cc(Cl)ncc5n4)CC3)cc2F)cc1. The molecule has 198 valence electrons. The zero-order valence-corrected chi connectivity index (χ0v) is 21.5. The Kier molecular flexibility index (Phi) is 7.74. The van der Waals surface area contributed by atoms with E-state index in [9.17, 15) is 13.6 Å². The lowest BCUT2D eigenvalue weighted by Gasteiger charge is -2.28. The second-order valence-corrected chi connectivity index (χ2v) is 9.85. The summed E-state index contributed by atoms with van der Waals surface area (Å²) in [7, 11) is 1.55.